The quantitative estimate of drug-likeness (QED) is 0.137. The van der Waals surface area contributed by atoms with Crippen molar-refractivity contribution in [2.45, 2.75) is 0 Å². The normalized spacial score (nSPS) is 10.7. The molecule has 0 aliphatic rings. The zero-order valence-corrected chi connectivity index (χ0v) is 28.5. The molecule has 8 aromatic rings. The van der Waals surface area contributed by atoms with E-state index < -0.39 is 0 Å². The number of hydrogen-bond acceptors (Lipinski definition) is 4. The number of ether oxygens (including phenoxy) is 2. The van der Waals surface area contributed by atoms with Gasteiger partial charge in [0.25, 0.3) is 0 Å². The van der Waals surface area contributed by atoms with E-state index >= 15 is 0 Å². The summed E-state index contributed by atoms with van der Waals surface area (Å²) in [6, 6.07) is 74.5. The third-order valence-corrected chi connectivity index (χ3v) is 8.76. The molecule has 0 N–H and O–H groups in total. The second-order valence-electron chi connectivity index (χ2n) is 12.3. The molecule has 0 atom stereocenters. The minimum atomic E-state index is 0.793. The Morgan fingerprint density at radius 1 is 0.212 bits per heavy atom. The van der Waals surface area contributed by atoms with E-state index in [0.29, 0.717) is 0 Å². The molecule has 0 heterocycles. The molecule has 52 heavy (non-hydrogen) atoms. The fourth-order valence-corrected chi connectivity index (χ4v) is 6.23. The molecule has 4 nitrogen and oxygen atoms in total. The van der Waals surface area contributed by atoms with Crippen LogP contribution in [0.15, 0.2) is 218 Å². The van der Waals surface area contributed by atoms with E-state index in [1.165, 1.54) is 0 Å². The summed E-state index contributed by atoms with van der Waals surface area (Å²) in [4.78, 5) is 4.51. The molecule has 0 aliphatic carbocycles. The summed E-state index contributed by atoms with van der Waals surface area (Å²) in [5, 5.41) is 0. The summed E-state index contributed by atoms with van der Waals surface area (Å²) in [7, 11) is 0. The van der Waals surface area contributed by atoms with Gasteiger partial charge in [0, 0.05) is 34.1 Å². The van der Waals surface area contributed by atoms with Crippen molar-refractivity contribution in [2.75, 3.05) is 9.80 Å². The van der Waals surface area contributed by atoms with Gasteiger partial charge in [-0.25, -0.2) is 0 Å². The fraction of sp³-hybridized carbons (Fsp3) is 0. The maximum absolute atomic E-state index is 6.06. The summed E-state index contributed by atoms with van der Waals surface area (Å²) in [5.74, 6) is 3.22. The standard InChI is InChI=1S/C48H36N2O2/c1-5-13-39(14-6-1)49(43-29-33-47(34-30-43)51-45-17-9-3-10-18-45)41-25-21-37(22-26-41)38-23-27-42(28-24-38)50(40-15-7-2-8-16-40)44-31-35-48(36-32-44)52-46-19-11-4-12-20-46/h1-36H. The largest absolute Gasteiger partial charge is 0.457 e. The molecular formula is C48H36N2O2. The van der Waals surface area contributed by atoms with Gasteiger partial charge in [-0.15, -0.1) is 0 Å². The van der Waals surface area contributed by atoms with Crippen LogP contribution in [0.3, 0.4) is 0 Å². The van der Waals surface area contributed by atoms with E-state index in [9.17, 15) is 0 Å². The van der Waals surface area contributed by atoms with Gasteiger partial charge in [0.15, 0.2) is 0 Å². The topological polar surface area (TPSA) is 24.9 Å². The van der Waals surface area contributed by atoms with Crippen molar-refractivity contribution in [1.82, 2.24) is 0 Å². The highest BCUT2D eigenvalue weighted by Gasteiger charge is 2.15. The number of para-hydroxylation sites is 4. The monoisotopic (exact) mass is 672 g/mol. The van der Waals surface area contributed by atoms with Crippen LogP contribution in [0, 0.1) is 0 Å². The summed E-state index contributed by atoms with van der Waals surface area (Å²) in [6.07, 6.45) is 0. The molecule has 0 fully saturated rings. The van der Waals surface area contributed by atoms with E-state index in [-0.39, 0.29) is 0 Å². The van der Waals surface area contributed by atoms with Crippen molar-refractivity contribution in [3.05, 3.63) is 218 Å². The number of rotatable bonds is 11. The Hall–Kier alpha value is -7.04. The lowest BCUT2D eigenvalue weighted by atomic mass is 10.0. The second-order valence-corrected chi connectivity index (χ2v) is 12.3. The first-order valence-corrected chi connectivity index (χ1v) is 17.3. The lowest BCUT2D eigenvalue weighted by Crippen LogP contribution is -2.10. The molecule has 8 aromatic carbocycles. The van der Waals surface area contributed by atoms with Gasteiger partial charge in [-0.2, -0.15) is 0 Å². The minimum absolute atomic E-state index is 0.793. The van der Waals surface area contributed by atoms with Crippen LogP contribution < -0.4 is 19.3 Å². The maximum atomic E-state index is 6.06. The van der Waals surface area contributed by atoms with Gasteiger partial charge in [0.1, 0.15) is 23.0 Å². The Morgan fingerprint density at radius 2 is 0.442 bits per heavy atom. The molecule has 4 heteroatoms. The summed E-state index contributed by atoms with van der Waals surface area (Å²) in [6.45, 7) is 0. The van der Waals surface area contributed by atoms with Crippen LogP contribution in [0.5, 0.6) is 23.0 Å². The molecule has 0 amide bonds. The van der Waals surface area contributed by atoms with Crippen molar-refractivity contribution in [3.8, 4) is 34.1 Å². The highest BCUT2D eigenvalue weighted by Crippen LogP contribution is 2.39. The first-order chi connectivity index (χ1) is 25.8. The predicted octanol–water partition coefficient (Wildman–Crippen LogP) is 13.9. The fourth-order valence-electron chi connectivity index (χ4n) is 6.23. The molecule has 0 aliphatic heterocycles. The smallest absolute Gasteiger partial charge is 0.127 e. The zero-order chi connectivity index (χ0) is 35.0. The molecule has 0 radical (unpaired) electrons. The van der Waals surface area contributed by atoms with Crippen molar-refractivity contribution in [2.24, 2.45) is 0 Å². The highest BCUT2D eigenvalue weighted by atomic mass is 16.5. The number of hydrogen-bond donors (Lipinski definition) is 0. The maximum Gasteiger partial charge on any atom is 0.127 e. The molecule has 0 aromatic heterocycles. The molecule has 0 saturated carbocycles. The number of anilines is 6. The van der Waals surface area contributed by atoms with E-state index in [1.54, 1.807) is 0 Å². The summed E-state index contributed by atoms with van der Waals surface area (Å²) >= 11 is 0. The average molecular weight is 673 g/mol. The average Bonchev–Trinajstić information content (AvgIpc) is 3.22. The van der Waals surface area contributed by atoms with Crippen molar-refractivity contribution >= 4 is 34.1 Å². The molecule has 0 saturated heterocycles. The Labute approximate surface area is 305 Å². The number of nitrogens with zero attached hydrogens (tertiary/aromatic N) is 2. The SMILES string of the molecule is c1ccc(Oc2ccc(N(c3ccccc3)c3ccc(-c4ccc(N(c5ccccc5)c5ccc(Oc6ccccc6)cc5)cc4)cc3)cc2)cc1. The zero-order valence-electron chi connectivity index (χ0n) is 28.5. The van der Waals surface area contributed by atoms with Gasteiger partial charge in [-0.3, -0.25) is 0 Å². The first kappa shape index (κ1) is 32.2. The van der Waals surface area contributed by atoms with Crippen molar-refractivity contribution in [3.63, 3.8) is 0 Å². The molecule has 0 bridgehead atoms. The van der Waals surface area contributed by atoms with E-state index in [2.05, 4.69) is 131 Å². The minimum Gasteiger partial charge on any atom is -0.457 e. The van der Waals surface area contributed by atoms with Crippen molar-refractivity contribution < 1.29 is 9.47 Å². The van der Waals surface area contributed by atoms with Gasteiger partial charge in [-0.1, -0.05) is 97.1 Å². The van der Waals surface area contributed by atoms with Gasteiger partial charge in [0.05, 0.1) is 0 Å². The van der Waals surface area contributed by atoms with Gasteiger partial charge >= 0.3 is 0 Å². The molecule has 0 spiro atoms. The number of benzene rings is 8. The Morgan fingerprint density at radius 3 is 0.750 bits per heavy atom. The third kappa shape index (κ3) is 7.42. The molecule has 0 unspecified atom stereocenters. The van der Waals surface area contributed by atoms with Crippen molar-refractivity contribution in [1.29, 1.82) is 0 Å². The van der Waals surface area contributed by atoms with Crippen LogP contribution in [0.4, 0.5) is 34.1 Å². The van der Waals surface area contributed by atoms with Gasteiger partial charge in [-0.05, 0) is 132 Å². The summed E-state index contributed by atoms with van der Waals surface area (Å²) in [5.41, 5.74) is 8.67. The molecule has 250 valence electrons. The first-order valence-electron chi connectivity index (χ1n) is 17.3. The third-order valence-electron chi connectivity index (χ3n) is 8.76. The van der Waals surface area contributed by atoms with E-state index in [0.717, 1.165) is 68.2 Å². The Bertz CT molecular complexity index is 2130. The highest BCUT2D eigenvalue weighted by molar-refractivity contribution is 5.81. The lowest BCUT2D eigenvalue weighted by molar-refractivity contribution is 0.482. The van der Waals surface area contributed by atoms with Crippen LogP contribution in [0.25, 0.3) is 11.1 Å². The summed E-state index contributed by atoms with van der Waals surface area (Å²) < 4.78 is 12.1. The predicted molar refractivity (Wildman–Crippen MR) is 214 cm³/mol. The van der Waals surface area contributed by atoms with Gasteiger partial charge in [0.2, 0.25) is 0 Å². The van der Waals surface area contributed by atoms with Crippen LogP contribution in [-0.2, 0) is 0 Å². The van der Waals surface area contributed by atoms with E-state index in [1.807, 2.05) is 97.1 Å². The van der Waals surface area contributed by atoms with Crippen LogP contribution in [0.1, 0.15) is 0 Å². The van der Waals surface area contributed by atoms with Gasteiger partial charge < -0.3 is 19.3 Å². The Kier molecular flexibility index (Phi) is 9.43. The Balaban J connectivity index is 1.04. The van der Waals surface area contributed by atoms with E-state index in [4.69, 9.17) is 9.47 Å². The molecule has 8 rings (SSSR count). The molecular weight excluding hydrogens is 637 g/mol. The lowest BCUT2D eigenvalue weighted by Gasteiger charge is -2.26. The second kappa shape index (κ2) is 15.2. The van der Waals surface area contributed by atoms with Crippen LogP contribution in [0.2, 0.25) is 0 Å². The van der Waals surface area contributed by atoms with Crippen LogP contribution in [-0.4, -0.2) is 0 Å². The van der Waals surface area contributed by atoms with Crippen LogP contribution >= 0.6 is 0 Å².